The quantitative estimate of drug-likeness (QED) is 0.803. The monoisotopic (exact) mass is 374 g/mol. The molecule has 0 saturated carbocycles. The van der Waals surface area contributed by atoms with Crippen LogP contribution in [0.2, 0.25) is 0 Å². The van der Waals surface area contributed by atoms with Crippen LogP contribution in [0.5, 0.6) is 0 Å². The summed E-state index contributed by atoms with van der Waals surface area (Å²) < 4.78 is 27.2. The zero-order valence-corrected chi connectivity index (χ0v) is 16.5. The first-order valence-corrected chi connectivity index (χ1v) is 10.2. The van der Waals surface area contributed by atoms with Crippen molar-refractivity contribution >= 4 is 21.6 Å². The molecule has 1 N–H and O–H groups in total. The fraction of sp³-hybridized carbons (Fsp3) is 0.350. The maximum atomic E-state index is 13.0. The van der Waals surface area contributed by atoms with Crippen LogP contribution >= 0.6 is 0 Å². The van der Waals surface area contributed by atoms with Crippen LogP contribution in [0.15, 0.2) is 53.4 Å². The lowest BCUT2D eigenvalue weighted by molar-refractivity contribution is 0.0938. The lowest BCUT2D eigenvalue weighted by Gasteiger charge is -2.21. The van der Waals surface area contributed by atoms with E-state index in [-0.39, 0.29) is 16.8 Å². The summed E-state index contributed by atoms with van der Waals surface area (Å²) in [5.41, 5.74) is 1.81. The number of anilines is 1. The Balaban J connectivity index is 2.31. The maximum Gasteiger partial charge on any atom is 0.264 e. The molecule has 0 aromatic heterocycles. The molecule has 1 unspecified atom stereocenters. The molecule has 0 heterocycles. The molecule has 26 heavy (non-hydrogen) atoms. The third-order valence-corrected chi connectivity index (χ3v) is 6.08. The van der Waals surface area contributed by atoms with Gasteiger partial charge in [0.2, 0.25) is 0 Å². The van der Waals surface area contributed by atoms with Gasteiger partial charge in [-0.05, 0) is 50.1 Å². The number of sulfonamides is 1. The van der Waals surface area contributed by atoms with Crippen molar-refractivity contribution in [2.45, 2.75) is 44.6 Å². The minimum Gasteiger partial charge on any atom is -0.350 e. The summed E-state index contributed by atoms with van der Waals surface area (Å²) in [4.78, 5) is 12.5. The van der Waals surface area contributed by atoms with Crippen molar-refractivity contribution in [3.63, 3.8) is 0 Å². The van der Waals surface area contributed by atoms with E-state index in [1.165, 1.54) is 23.5 Å². The number of carbonyl (C=O) groups excluding carboxylic acids is 1. The van der Waals surface area contributed by atoms with Crippen molar-refractivity contribution in [2.75, 3.05) is 11.4 Å². The molecule has 0 aliphatic rings. The van der Waals surface area contributed by atoms with Gasteiger partial charge in [0.15, 0.2) is 0 Å². The molecule has 0 bridgehead atoms. The number of hydrogen-bond donors (Lipinski definition) is 1. The Kier molecular flexibility index (Phi) is 6.42. The third kappa shape index (κ3) is 4.43. The highest BCUT2D eigenvalue weighted by molar-refractivity contribution is 7.92. The summed E-state index contributed by atoms with van der Waals surface area (Å²) in [6, 6.07) is 13.5. The number of benzene rings is 2. The van der Waals surface area contributed by atoms with Gasteiger partial charge in [0.1, 0.15) is 0 Å². The maximum absolute atomic E-state index is 13.0. The summed E-state index contributed by atoms with van der Waals surface area (Å²) in [5.74, 6) is -0.262. The molecule has 0 aliphatic carbocycles. The lowest BCUT2D eigenvalue weighted by atomic mass is 10.1. The highest BCUT2D eigenvalue weighted by atomic mass is 32.2. The van der Waals surface area contributed by atoms with Crippen LogP contribution < -0.4 is 9.62 Å². The predicted molar refractivity (Wildman–Crippen MR) is 105 cm³/mol. The van der Waals surface area contributed by atoms with Crippen LogP contribution in [0.3, 0.4) is 0 Å². The van der Waals surface area contributed by atoms with Gasteiger partial charge in [0.05, 0.1) is 10.6 Å². The second kappa shape index (κ2) is 8.36. The number of rotatable bonds is 7. The van der Waals surface area contributed by atoms with Crippen molar-refractivity contribution in [1.29, 1.82) is 0 Å². The number of hydrogen-bond acceptors (Lipinski definition) is 3. The van der Waals surface area contributed by atoms with Crippen molar-refractivity contribution in [1.82, 2.24) is 5.32 Å². The van der Waals surface area contributed by atoms with Crippen LogP contribution in [-0.4, -0.2) is 27.4 Å². The summed E-state index contributed by atoms with van der Waals surface area (Å²) in [6.45, 7) is 5.85. The molecule has 0 radical (unpaired) electrons. The summed E-state index contributed by atoms with van der Waals surface area (Å²) in [7, 11) is -2.23. The normalized spacial score (nSPS) is 12.5. The molecule has 2 rings (SSSR count). The number of amides is 1. The van der Waals surface area contributed by atoms with E-state index in [2.05, 4.69) is 12.2 Å². The van der Waals surface area contributed by atoms with Crippen molar-refractivity contribution < 1.29 is 13.2 Å². The molecule has 140 valence electrons. The fourth-order valence-corrected chi connectivity index (χ4v) is 4.12. The van der Waals surface area contributed by atoms with Crippen molar-refractivity contribution in [3.05, 3.63) is 59.7 Å². The summed E-state index contributed by atoms with van der Waals surface area (Å²) >= 11 is 0. The van der Waals surface area contributed by atoms with Gasteiger partial charge in [-0.3, -0.25) is 9.10 Å². The Labute approximate surface area is 156 Å². The van der Waals surface area contributed by atoms with Crippen LogP contribution in [0.25, 0.3) is 0 Å². The molecule has 1 atom stereocenters. The van der Waals surface area contributed by atoms with Crippen LogP contribution in [0, 0.1) is 6.92 Å². The number of carbonyl (C=O) groups is 1. The van der Waals surface area contributed by atoms with E-state index in [0.717, 1.165) is 18.4 Å². The smallest absolute Gasteiger partial charge is 0.264 e. The van der Waals surface area contributed by atoms with Gasteiger partial charge in [-0.2, -0.15) is 0 Å². The average molecular weight is 375 g/mol. The molecule has 6 heteroatoms. The Hall–Kier alpha value is -2.34. The number of aryl methyl sites for hydroxylation is 1. The summed E-state index contributed by atoms with van der Waals surface area (Å²) in [6.07, 6.45) is 1.84. The first kappa shape index (κ1) is 20.0. The van der Waals surface area contributed by atoms with Crippen molar-refractivity contribution in [2.24, 2.45) is 0 Å². The SMILES string of the molecule is CCCC(C)NC(=O)c1cccc(S(=O)(=O)N(C)c2ccccc2C)c1. The molecule has 5 nitrogen and oxygen atoms in total. The van der Waals surface area contributed by atoms with Gasteiger partial charge in [-0.15, -0.1) is 0 Å². The number of nitrogens with one attached hydrogen (secondary N) is 1. The van der Waals surface area contributed by atoms with Gasteiger partial charge in [0.25, 0.3) is 15.9 Å². The molecule has 2 aromatic carbocycles. The number of para-hydroxylation sites is 1. The molecular formula is C20H26N2O3S. The minimum atomic E-state index is -3.76. The molecular weight excluding hydrogens is 348 g/mol. The van der Waals surface area contributed by atoms with Gasteiger partial charge in [-0.25, -0.2) is 8.42 Å². The van der Waals surface area contributed by atoms with E-state index in [4.69, 9.17) is 0 Å². The Morgan fingerprint density at radius 3 is 2.50 bits per heavy atom. The third-order valence-electron chi connectivity index (χ3n) is 4.31. The van der Waals surface area contributed by atoms with Gasteiger partial charge in [0, 0.05) is 18.7 Å². The topological polar surface area (TPSA) is 66.5 Å². The van der Waals surface area contributed by atoms with E-state index < -0.39 is 10.0 Å². The highest BCUT2D eigenvalue weighted by Gasteiger charge is 2.23. The molecule has 0 aliphatic heterocycles. The Morgan fingerprint density at radius 2 is 1.85 bits per heavy atom. The summed E-state index contributed by atoms with van der Waals surface area (Å²) in [5, 5.41) is 2.90. The highest BCUT2D eigenvalue weighted by Crippen LogP contribution is 2.25. The first-order valence-electron chi connectivity index (χ1n) is 8.73. The Bertz CT molecular complexity index is 878. The number of nitrogens with zero attached hydrogens (tertiary/aromatic N) is 1. The largest absolute Gasteiger partial charge is 0.350 e. The zero-order valence-electron chi connectivity index (χ0n) is 15.7. The van der Waals surface area contributed by atoms with Gasteiger partial charge >= 0.3 is 0 Å². The minimum absolute atomic E-state index is 0.0439. The molecule has 0 saturated heterocycles. The Morgan fingerprint density at radius 1 is 1.15 bits per heavy atom. The average Bonchev–Trinajstić information content (AvgIpc) is 2.61. The predicted octanol–water partition coefficient (Wildman–Crippen LogP) is 3.74. The van der Waals surface area contributed by atoms with E-state index in [9.17, 15) is 13.2 Å². The second-order valence-electron chi connectivity index (χ2n) is 6.45. The van der Waals surface area contributed by atoms with Gasteiger partial charge in [-0.1, -0.05) is 37.6 Å². The molecule has 0 fully saturated rings. The zero-order chi connectivity index (χ0) is 19.3. The first-order chi connectivity index (χ1) is 12.3. The van der Waals surface area contributed by atoms with E-state index in [1.54, 1.807) is 24.3 Å². The van der Waals surface area contributed by atoms with E-state index in [0.29, 0.717) is 11.3 Å². The van der Waals surface area contributed by atoms with Crippen molar-refractivity contribution in [3.8, 4) is 0 Å². The van der Waals surface area contributed by atoms with Gasteiger partial charge < -0.3 is 5.32 Å². The van der Waals surface area contributed by atoms with E-state index >= 15 is 0 Å². The lowest BCUT2D eigenvalue weighted by Crippen LogP contribution is -2.32. The van der Waals surface area contributed by atoms with Crippen LogP contribution in [0.4, 0.5) is 5.69 Å². The molecule has 0 spiro atoms. The van der Waals surface area contributed by atoms with E-state index in [1.807, 2.05) is 26.0 Å². The van der Waals surface area contributed by atoms with Crippen LogP contribution in [0.1, 0.15) is 42.6 Å². The standard InChI is InChI=1S/C20H26N2O3S/c1-5-9-16(3)21-20(23)17-11-8-12-18(14-17)26(24,25)22(4)19-13-7-6-10-15(19)2/h6-8,10-14,16H,5,9H2,1-4H3,(H,21,23). The van der Waals surface area contributed by atoms with Crippen LogP contribution in [-0.2, 0) is 10.0 Å². The second-order valence-corrected chi connectivity index (χ2v) is 8.42. The molecule has 2 aromatic rings. The fourth-order valence-electron chi connectivity index (χ4n) is 2.81. The molecule has 1 amide bonds.